The molecule has 1 aliphatic rings. The van der Waals surface area contributed by atoms with E-state index in [4.69, 9.17) is 4.74 Å². The molecule has 1 aromatic rings. The fourth-order valence-electron chi connectivity index (χ4n) is 2.76. The number of nitro groups is 1. The highest BCUT2D eigenvalue weighted by molar-refractivity contribution is 5.35. The van der Waals surface area contributed by atoms with Crippen molar-refractivity contribution in [3.8, 4) is 0 Å². The summed E-state index contributed by atoms with van der Waals surface area (Å²) in [5, 5.41) is 14.5. The number of nitrogens with zero attached hydrogens (tertiary/aromatic N) is 1. The zero-order valence-corrected chi connectivity index (χ0v) is 12.8. The normalized spacial score (nSPS) is 19.1. The van der Waals surface area contributed by atoms with Gasteiger partial charge in [0.05, 0.1) is 4.92 Å². The lowest BCUT2D eigenvalue weighted by Crippen LogP contribution is -2.38. The highest BCUT2D eigenvalue weighted by Gasteiger charge is 2.28. The maximum atomic E-state index is 10.9. The molecule has 116 valence electrons. The molecule has 0 bridgehead atoms. The van der Waals surface area contributed by atoms with Crippen molar-refractivity contribution >= 4 is 5.69 Å². The highest BCUT2D eigenvalue weighted by atomic mass is 16.6. The fraction of sp³-hybridized carbons (Fsp3) is 0.625. The molecule has 1 heterocycles. The van der Waals surface area contributed by atoms with E-state index in [9.17, 15) is 10.1 Å². The Kier molecular flexibility index (Phi) is 5.31. The van der Waals surface area contributed by atoms with Gasteiger partial charge in [0.2, 0.25) is 0 Å². The molecular weight excluding hydrogens is 268 g/mol. The lowest BCUT2D eigenvalue weighted by atomic mass is 9.82. The van der Waals surface area contributed by atoms with E-state index in [2.05, 4.69) is 19.2 Å². The second-order valence-electron chi connectivity index (χ2n) is 6.12. The average Bonchev–Trinajstić information content (AvgIpc) is 2.49. The summed E-state index contributed by atoms with van der Waals surface area (Å²) in [6, 6.07) is 7.09. The summed E-state index contributed by atoms with van der Waals surface area (Å²) in [7, 11) is 0. The Morgan fingerprint density at radius 2 is 2.14 bits per heavy atom. The Labute approximate surface area is 125 Å². The lowest BCUT2D eigenvalue weighted by molar-refractivity contribution is -0.384. The van der Waals surface area contributed by atoms with Crippen molar-refractivity contribution in [2.75, 3.05) is 19.8 Å². The summed E-state index contributed by atoms with van der Waals surface area (Å²) < 4.78 is 5.42. The first kappa shape index (κ1) is 15.9. The summed E-state index contributed by atoms with van der Waals surface area (Å²) >= 11 is 0. The molecule has 1 atom stereocenters. The lowest BCUT2D eigenvalue weighted by Gasteiger charge is -2.35. The van der Waals surface area contributed by atoms with Gasteiger partial charge in [-0.25, -0.2) is 0 Å². The van der Waals surface area contributed by atoms with Crippen LogP contribution in [0, 0.1) is 15.5 Å². The van der Waals surface area contributed by atoms with E-state index in [0.717, 1.165) is 44.6 Å². The maximum Gasteiger partial charge on any atom is 0.269 e. The van der Waals surface area contributed by atoms with Gasteiger partial charge >= 0.3 is 0 Å². The summed E-state index contributed by atoms with van der Waals surface area (Å²) in [6.45, 7) is 6.95. The molecule has 1 unspecified atom stereocenters. The van der Waals surface area contributed by atoms with E-state index in [1.54, 1.807) is 12.1 Å². The van der Waals surface area contributed by atoms with Crippen molar-refractivity contribution in [2.24, 2.45) is 5.41 Å². The van der Waals surface area contributed by atoms with E-state index in [1.165, 1.54) is 6.07 Å². The molecule has 1 aromatic carbocycles. The topological polar surface area (TPSA) is 64.4 Å². The minimum absolute atomic E-state index is 0.157. The van der Waals surface area contributed by atoms with Gasteiger partial charge in [-0.3, -0.25) is 10.1 Å². The molecule has 1 fully saturated rings. The smallest absolute Gasteiger partial charge is 0.269 e. The minimum Gasteiger partial charge on any atom is -0.381 e. The maximum absolute atomic E-state index is 10.9. The number of benzene rings is 1. The Morgan fingerprint density at radius 1 is 1.43 bits per heavy atom. The SMILES string of the molecule is CCC(NCC1(C)CCOCC1)c1cccc([N+](=O)[O-])c1. The van der Waals surface area contributed by atoms with Gasteiger partial charge in [-0.15, -0.1) is 0 Å². The number of non-ortho nitro benzene ring substituents is 1. The molecule has 1 saturated heterocycles. The zero-order valence-electron chi connectivity index (χ0n) is 12.8. The molecule has 0 spiro atoms. The van der Waals surface area contributed by atoms with Crippen molar-refractivity contribution in [3.05, 3.63) is 39.9 Å². The van der Waals surface area contributed by atoms with Gasteiger partial charge in [-0.05, 0) is 30.2 Å². The van der Waals surface area contributed by atoms with Crippen LogP contribution in [0.25, 0.3) is 0 Å². The fourth-order valence-corrected chi connectivity index (χ4v) is 2.76. The van der Waals surface area contributed by atoms with E-state index < -0.39 is 0 Å². The quantitative estimate of drug-likeness (QED) is 0.644. The first-order valence-electron chi connectivity index (χ1n) is 7.59. The average molecular weight is 292 g/mol. The van der Waals surface area contributed by atoms with Crippen LogP contribution in [0.1, 0.15) is 44.7 Å². The molecule has 2 rings (SSSR count). The number of rotatable bonds is 6. The van der Waals surface area contributed by atoms with Crippen LogP contribution in [-0.4, -0.2) is 24.7 Å². The van der Waals surface area contributed by atoms with Gasteiger partial charge in [0.15, 0.2) is 0 Å². The van der Waals surface area contributed by atoms with Crippen molar-refractivity contribution < 1.29 is 9.66 Å². The van der Waals surface area contributed by atoms with Crippen LogP contribution in [0.2, 0.25) is 0 Å². The summed E-state index contributed by atoms with van der Waals surface area (Å²) in [6.07, 6.45) is 3.03. The molecule has 1 N–H and O–H groups in total. The van der Waals surface area contributed by atoms with Gasteiger partial charge < -0.3 is 10.1 Å². The molecular formula is C16H24N2O3. The largest absolute Gasteiger partial charge is 0.381 e. The van der Waals surface area contributed by atoms with Crippen molar-refractivity contribution in [1.29, 1.82) is 0 Å². The van der Waals surface area contributed by atoms with E-state index in [0.29, 0.717) is 0 Å². The predicted octanol–water partition coefficient (Wildman–Crippen LogP) is 3.45. The molecule has 0 aliphatic carbocycles. The van der Waals surface area contributed by atoms with Crippen LogP contribution in [-0.2, 0) is 4.74 Å². The van der Waals surface area contributed by atoms with Crippen LogP contribution in [0.5, 0.6) is 0 Å². The van der Waals surface area contributed by atoms with Crippen molar-refractivity contribution in [2.45, 2.75) is 39.2 Å². The minimum atomic E-state index is -0.337. The third-order valence-electron chi connectivity index (χ3n) is 4.37. The molecule has 1 aliphatic heterocycles. The monoisotopic (exact) mass is 292 g/mol. The summed E-state index contributed by atoms with van der Waals surface area (Å²) in [5.74, 6) is 0. The van der Waals surface area contributed by atoms with Crippen LogP contribution < -0.4 is 5.32 Å². The van der Waals surface area contributed by atoms with Crippen LogP contribution >= 0.6 is 0 Å². The number of nitro benzene ring substituents is 1. The Balaban J connectivity index is 2.02. The van der Waals surface area contributed by atoms with E-state index in [1.807, 2.05) is 6.07 Å². The molecule has 5 heteroatoms. The van der Waals surface area contributed by atoms with Gasteiger partial charge in [-0.2, -0.15) is 0 Å². The standard InChI is InChI=1S/C16H24N2O3/c1-3-15(13-5-4-6-14(11-13)18(19)20)17-12-16(2)7-9-21-10-8-16/h4-6,11,15,17H,3,7-10,12H2,1-2H3. The Bertz CT molecular complexity index is 484. The zero-order chi connectivity index (χ0) is 15.3. The van der Waals surface area contributed by atoms with E-state index in [-0.39, 0.29) is 22.1 Å². The molecule has 0 aromatic heterocycles. The molecule has 21 heavy (non-hydrogen) atoms. The van der Waals surface area contributed by atoms with Gasteiger partial charge in [-0.1, -0.05) is 26.0 Å². The second kappa shape index (κ2) is 7.00. The number of ether oxygens (including phenoxy) is 1. The Morgan fingerprint density at radius 3 is 2.76 bits per heavy atom. The van der Waals surface area contributed by atoms with Crippen LogP contribution in [0.4, 0.5) is 5.69 Å². The van der Waals surface area contributed by atoms with Crippen molar-refractivity contribution in [1.82, 2.24) is 5.32 Å². The first-order valence-corrected chi connectivity index (χ1v) is 7.59. The van der Waals surface area contributed by atoms with Crippen molar-refractivity contribution in [3.63, 3.8) is 0 Å². The number of hydrogen-bond donors (Lipinski definition) is 1. The molecule has 0 saturated carbocycles. The third kappa shape index (κ3) is 4.25. The number of nitrogens with one attached hydrogen (secondary N) is 1. The number of hydrogen-bond acceptors (Lipinski definition) is 4. The molecule has 0 radical (unpaired) electrons. The Hall–Kier alpha value is -1.46. The molecule has 0 amide bonds. The summed E-state index contributed by atoms with van der Waals surface area (Å²) in [4.78, 5) is 10.6. The third-order valence-corrected chi connectivity index (χ3v) is 4.37. The summed E-state index contributed by atoms with van der Waals surface area (Å²) in [5.41, 5.74) is 1.40. The van der Waals surface area contributed by atoms with Gasteiger partial charge in [0.25, 0.3) is 5.69 Å². The van der Waals surface area contributed by atoms with Crippen LogP contribution in [0.15, 0.2) is 24.3 Å². The van der Waals surface area contributed by atoms with Gasteiger partial charge in [0, 0.05) is 37.9 Å². The van der Waals surface area contributed by atoms with E-state index >= 15 is 0 Å². The second-order valence-corrected chi connectivity index (χ2v) is 6.12. The predicted molar refractivity (Wildman–Crippen MR) is 82.3 cm³/mol. The first-order chi connectivity index (χ1) is 10.0. The van der Waals surface area contributed by atoms with Crippen LogP contribution in [0.3, 0.4) is 0 Å². The van der Waals surface area contributed by atoms with Gasteiger partial charge in [0.1, 0.15) is 0 Å². The highest BCUT2D eigenvalue weighted by Crippen LogP contribution is 2.30. The molecule has 5 nitrogen and oxygen atoms in total.